The summed E-state index contributed by atoms with van der Waals surface area (Å²) < 4.78 is 33.2. The average Bonchev–Trinajstić information content (AvgIpc) is 3.23. The Hall–Kier alpha value is -2.53. The number of carbonyl (C=O) groups is 1. The molecule has 0 aromatic carbocycles. The fraction of sp³-hybridized carbons (Fsp3) is 0.647. The van der Waals surface area contributed by atoms with Gasteiger partial charge in [-0.05, 0) is 12.8 Å². The van der Waals surface area contributed by atoms with Crippen molar-refractivity contribution in [3.63, 3.8) is 0 Å². The van der Waals surface area contributed by atoms with Crippen molar-refractivity contribution in [2.75, 3.05) is 36.4 Å². The number of hydrogen-bond donors (Lipinski definition) is 4. The minimum Gasteiger partial charge on any atom is -0.391 e. The number of hydrazine groups is 1. The zero-order chi connectivity index (χ0) is 23.9. The highest BCUT2D eigenvalue weighted by atomic mass is 31.2. The summed E-state index contributed by atoms with van der Waals surface area (Å²) >= 11 is 0. The van der Waals surface area contributed by atoms with Gasteiger partial charge in [0.25, 0.3) is 5.56 Å². The van der Waals surface area contributed by atoms with Crippen LogP contribution in [0.3, 0.4) is 0 Å². The molecule has 1 fully saturated rings. The molecule has 1 aliphatic heterocycles. The summed E-state index contributed by atoms with van der Waals surface area (Å²) in [5.74, 6) is 5.26. The Morgan fingerprint density at radius 2 is 2.19 bits per heavy atom. The predicted octanol–water partition coefficient (Wildman–Crippen LogP) is 0.833. The third-order valence-electron chi connectivity index (χ3n) is 4.45. The lowest BCUT2D eigenvalue weighted by Crippen LogP contribution is -2.43. The highest BCUT2D eigenvalue weighted by Crippen LogP contribution is 2.49. The number of hydrogen-bond acceptors (Lipinski definition) is 12. The molecular formula is C17H28N7O7P. The molecule has 1 aliphatic rings. The number of nitrogens with zero attached hydrogens (tertiary/aromatic N) is 3. The van der Waals surface area contributed by atoms with Crippen LogP contribution in [0.1, 0.15) is 33.1 Å². The number of amides is 1. The SMILES string of the molecule is COP(=O)(OCCC#N)OCC1CCC(N(N)c2nc(NC(=O)C(C)C)[nH]c(=O)c2N)O1. The Balaban J connectivity index is 2.03. The molecule has 2 rings (SSSR count). The standard InChI is InChI=1S/C17H28N7O7P/c1-10(2)15(25)22-17-21-14(13(19)16(26)23-17)24(20)12-6-5-11(31-12)9-30-32(27,28-3)29-8-4-7-18/h10-12H,4-6,8-9,19-20H2,1-3H3,(H2,21,22,23,25,26). The van der Waals surface area contributed by atoms with E-state index in [2.05, 4.69) is 15.3 Å². The number of anilines is 3. The fourth-order valence-corrected chi connectivity index (χ4v) is 3.61. The van der Waals surface area contributed by atoms with Crippen molar-refractivity contribution in [3.8, 4) is 6.07 Å². The van der Waals surface area contributed by atoms with E-state index in [0.717, 1.165) is 5.01 Å². The minimum absolute atomic E-state index is 0.0328. The highest BCUT2D eigenvalue weighted by Gasteiger charge is 2.34. The maximum atomic E-state index is 12.3. The summed E-state index contributed by atoms with van der Waals surface area (Å²) in [5, 5.41) is 12.1. The number of nitrogens with one attached hydrogen (secondary N) is 2. The summed E-state index contributed by atoms with van der Waals surface area (Å²) in [4.78, 5) is 30.6. The van der Waals surface area contributed by atoms with E-state index in [-0.39, 0.29) is 48.9 Å². The molecule has 15 heteroatoms. The molecule has 1 aromatic rings. The summed E-state index contributed by atoms with van der Waals surface area (Å²) in [6.07, 6.45) is -0.267. The third-order valence-corrected chi connectivity index (χ3v) is 5.86. The van der Waals surface area contributed by atoms with Gasteiger partial charge in [0.05, 0.1) is 31.8 Å². The van der Waals surface area contributed by atoms with Gasteiger partial charge in [-0.1, -0.05) is 13.8 Å². The first-order valence-corrected chi connectivity index (χ1v) is 11.3. The maximum absolute atomic E-state index is 12.3. The Morgan fingerprint density at radius 1 is 1.47 bits per heavy atom. The molecule has 14 nitrogen and oxygen atoms in total. The van der Waals surface area contributed by atoms with Crippen LogP contribution in [-0.4, -0.2) is 48.5 Å². The molecule has 0 bridgehead atoms. The molecule has 0 spiro atoms. The van der Waals surface area contributed by atoms with E-state index in [4.69, 9.17) is 35.1 Å². The lowest BCUT2D eigenvalue weighted by Gasteiger charge is -2.26. The molecule has 0 aliphatic carbocycles. The van der Waals surface area contributed by atoms with E-state index in [0.29, 0.717) is 12.8 Å². The maximum Gasteiger partial charge on any atom is 0.474 e. The predicted molar refractivity (Wildman–Crippen MR) is 114 cm³/mol. The number of phosphoric ester groups is 1. The molecular weight excluding hydrogens is 445 g/mol. The van der Waals surface area contributed by atoms with E-state index in [1.54, 1.807) is 13.8 Å². The van der Waals surface area contributed by atoms with Crippen LogP contribution in [0.2, 0.25) is 0 Å². The Bertz CT molecular complexity index is 948. The molecule has 3 unspecified atom stereocenters. The zero-order valence-electron chi connectivity index (χ0n) is 18.1. The number of nitriles is 1. The number of aromatic amines is 1. The van der Waals surface area contributed by atoms with Crippen molar-refractivity contribution >= 4 is 31.2 Å². The molecule has 0 saturated carbocycles. The van der Waals surface area contributed by atoms with Gasteiger partial charge in [0.15, 0.2) is 5.82 Å². The fourth-order valence-electron chi connectivity index (χ4n) is 2.66. The van der Waals surface area contributed by atoms with Crippen LogP contribution in [0, 0.1) is 17.2 Å². The Morgan fingerprint density at radius 3 is 2.81 bits per heavy atom. The molecule has 1 amide bonds. The molecule has 32 heavy (non-hydrogen) atoms. The largest absolute Gasteiger partial charge is 0.474 e. The van der Waals surface area contributed by atoms with E-state index in [1.165, 1.54) is 7.11 Å². The van der Waals surface area contributed by atoms with Gasteiger partial charge in [-0.15, -0.1) is 0 Å². The van der Waals surface area contributed by atoms with Crippen molar-refractivity contribution in [1.29, 1.82) is 5.26 Å². The van der Waals surface area contributed by atoms with Crippen LogP contribution in [0.4, 0.5) is 17.5 Å². The highest BCUT2D eigenvalue weighted by molar-refractivity contribution is 7.48. The lowest BCUT2D eigenvalue weighted by molar-refractivity contribution is -0.118. The van der Waals surface area contributed by atoms with Gasteiger partial charge >= 0.3 is 7.82 Å². The molecule has 0 radical (unpaired) electrons. The summed E-state index contributed by atoms with van der Waals surface area (Å²) in [6.45, 7) is 3.16. The molecule has 178 valence electrons. The molecule has 6 N–H and O–H groups in total. The van der Waals surface area contributed by atoms with Crippen molar-refractivity contribution in [2.45, 2.75) is 45.4 Å². The van der Waals surface area contributed by atoms with E-state index < -0.39 is 25.7 Å². The number of carbonyl (C=O) groups excluding carboxylic acids is 1. The van der Waals surface area contributed by atoms with Crippen LogP contribution in [-0.2, 0) is 27.7 Å². The number of nitrogens with two attached hydrogens (primary N) is 2. The molecule has 2 heterocycles. The zero-order valence-corrected chi connectivity index (χ0v) is 19.0. The van der Waals surface area contributed by atoms with Gasteiger partial charge in [0.1, 0.15) is 11.9 Å². The number of nitrogen functional groups attached to an aromatic ring is 1. The van der Waals surface area contributed by atoms with Gasteiger partial charge in [0.2, 0.25) is 11.9 Å². The second kappa shape index (κ2) is 11.4. The van der Waals surface area contributed by atoms with Crippen LogP contribution in [0.5, 0.6) is 0 Å². The van der Waals surface area contributed by atoms with E-state index in [9.17, 15) is 14.2 Å². The average molecular weight is 473 g/mol. The normalized spacial score (nSPS) is 20.0. The Kier molecular flexibility index (Phi) is 9.14. The number of ether oxygens (including phenoxy) is 1. The first kappa shape index (κ1) is 25.7. The van der Waals surface area contributed by atoms with Crippen molar-refractivity contribution in [1.82, 2.24) is 9.97 Å². The quantitative estimate of drug-likeness (QED) is 0.152. The first-order valence-electron chi connectivity index (χ1n) is 9.82. The molecule has 1 aromatic heterocycles. The minimum atomic E-state index is -3.82. The van der Waals surface area contributed by atoms with Crippen molar-refractivity contribution < 1.29 is 27.7 Å². The van der Waals surface area contributed by atoms with Crippen LogP contribution < -0.4 is 27.5 Å². The smallest absolute Gasteiger partial charge is 0.391 e. The first-order chi connectivity index (χ1) is 15.1. The number of rotatable bonds is 11. The van der Waals surface area contributed by atoms with Crippen LogP contribution in [0.25, 0.3) is 0 Å². The van der Waals surface area contributed by atoms with E-state index in [1.807, 2.05) is 6.07 Å². The summed E-state index contributed by atoms with van der Waals surface area (Å²) in [5.41, 5.74) is 4.91. The van der Waals surface area contributed by atoms with Gasteiger partial charge < -0.3 is 10.5 Å². The number of H-pyrrole nitrogens is 1. The van der Waals surface area contributed by atoms with Gasteiger partial charge in [-0.25, -0.2) is 10.4 Å². The molecule has 3 atom stereocenters. The van der Waals surface area contributed by atoms with Gasteiger partial charge in [-0.3, -0.25) is 38.5 Å². The van der Waals surface area contributed by atoms with Crippen molar-refractivity contribution in [3.05, 3.63) is 10.4 Å². The van der Waals surface area contributed by atoms with E-state index >= 15 is 0 Å². The summed E-state index contributed by atoms with van der Waals surface area (Å²) in [6, 6.07) is 1.86. The topological polar surface area (TPSA) is 208 Å². The van der Waals surface area contributed by atoms with Gasteiger partial charge in [0, 0.05) is 13.0 Å². The summed E-state index contributed by atoms with van der Waals surface area (Å²) in [7, 11) is -2.65. The van der Waals surface area contributed by atoms with Crippen molar-refractivity contribution in [2.24, 2.45) is 11.8 Å². The second-order valence-electron chi connectivity index (χ2n) is 7.16. The lowest BCUT2D eigenvalue weighted by atomic mass is 10.2. The monoisotopic (exact) mass is 473 g/mol. The van der Waals surface area contributed by atoms with Gasteiger partial charge in [-0.2, -0.15) is 10.2 Å². The Labute approximate surface area is 184 Å². The second-order valence-corrected chi connectivity index (χ2v) is 8.94. The number of aromatic nitrogens is 2. The number of phosphoric acid groups is 1. The van der Waals surface area contributed by atoms with Crippen LogP contribution >= 0.6 is 7.82 Å². The third kappa shape index (κ3) is 6.73. The van der Waals surface area contributed by atoms with Crippen LogP contribution in [0.15, 0.2) is 4.79 Å². The molecule has 1 saturated heterocycles.